The third-order valence-corrected chi connectivity index (χ3v) is 11.0. The second-order valence-electron chi connectivity index (χ2n) is 7.15. The van der Waals surface area contributed by atoms with Crippen LogP contribution in [0, 0.1) is 17.8 Å². The molecular weight excluding hydrogens is 399 g/mol. The van der Waals surface area contributed by atoms with E-state index in [-0.39, 0.29) is 11.8 Å². The number of hydrogen-bond acceptors (Lipinski definition) is 1. The van der Waals surface area contributed by atoms with Gasteiger partial charge in [0.15, 0.2) is 0 Å². The van der Waals surface area contributed by atoms with Crippen molar-refractivity contribution in [1.29, 1.82) is 0 Å². The highest BCUT2D eigenvalue weighted by atomic mass is 127. The van der Waals surface area contributed by atoms with Crippen LogP contribution < -0.4 is 5.19 Å². The molecule has 0 aromatic heterocycles. The molecule has 0 saturated heterocycles. The normalized spacial score (nSPS) is 31.0. The highest BCUT2D eigenvalue weighted by molar-refractivity contribution is 14.1. The zero-order valence-electron chi connectivity index (χ0n) is 13.3. The Labute approximate surface area is 148 Å². The number of benzene rings is 1. The number of ketones is 1. The molecule has 2 bridgehead atoms. The summed E-state index contributed by atoms with van der Waals surface area (Å²) in [5, 5.41) is 1.48. The molecule has 1 aromatic rings. The summed E-state index contributed by atoms with van der Waals surface area (Å²) in [4.78, 5) is 12.9. The van der Waals surface area contributed by atoms with Crippen LogP contribution in [0.4, 0.5) is 0 Å². The third kappa shape index (κ3) is 2.56. The molecule has 0 radical (unpaired) electrons. The van der Waals surface area contributed by atoms with Gasteiger partial charge in [-0.3, -0.25) is 4.79 Å². The van der Waals surface area contributed by atoms with Crippen LogP contribution >= 0.6 is 22.6 Å². The van der Waals surface area contributed by atoms with Gasteiger partial charge in [-0.25, -0.2) is 0 Å². The van der Waals surface area contributed by atoms with E-state index in [2.05, 4.69) is 78.7 Å². The number of allylic oxidation sites excluding steroid dienone is 3. The van der Waals surface area contributed by atoms with Crippen molar-refractivity contribution in [3.63, 3.8) is 0 Å². The fourth-order valence-corrected chi connectivity index (χ4v) is 9.00. The van der Waals surface area contributed by atoms with Gasteiger partial charge in [0.05, 0.1) is 8.07 Å². The van der Waals surface area contributed by atoms with Gasteiger partial charge in [0.1, 0.15) is 5.78 Å². The number of halogens is 1. The summed E-state index contributed by atoms with van der Waals surface area (Å²) >= 11 is 2.39. The van der Waals surface area contributed by atoms with E-state index in [4.69, 9.17) is 0 Å². The van der Waals surface area contributed by atoms with Crippen molar-refractivity contribution in [1.82, 2.24) is 0 Å². The standard InChI is InChI=1S/C19H23IOSi/c1-4-8-13-11-16(20)15-12-17(18(13)19(15)21)22(2,3)14-9-6-5-7-10-14/h4-7,9-11,13,15,17-18H,1,8,12H2,2-3H3/t13-,15-,17+,18?/m1/s1. The first kappa shape index (κ1) is 16.2. The maximum Gasteiger partial charge on any atom is 0.144 e. The summed E-state index contributed by atoms with van der Waals surface area (Å²) in [6.07, 6.45) is 6.31. The molecule has 22 heavy (non-hydrogen) atoms. The summed E-state index contributed by atoms with van der Waals surface area (Å²) in [7, 11) is -1.67. The van der Waals surface area contributed by atoms with Crippen molar-refractivity contribution < 1.29 is 4.79 Å². The molecule has 116 valence electrons. The molecule has 1 nitrogen and oxygen atoms in total. The lowest BCUT2D eigenvalue weighted by Gasteiger charge is -2.36. The van der Waals surface area contributed by atoms with Gasteiger partial charge < -0.3 is 0 Å². The Morgan fingerprint density at radius 3 is 2.64 bits per heavy atom. The molecule has 0 aliphatic heterocycles. The number of carbonyl (C=O) groups excluding carboxylic acids is 1. The zero-order chi connectivity index (χ0) is 15.9. The minimum absolute atomic E-state index is 0.173. The van der Waals surface area contributed by atoms with Crippen LogP contribution in [0.1, 0.15) is 12.8 Å². The average molecular weight is 422 g/mol. The molecule has 1 fully saturated rings. The predicted molar refractivity (Wildman–Crippen MR) is 104 cm³/mol. The molecule has 0 heterocycles. The fourth-order valence-electron chi connectivity index (χ4n) is 4.36. The molecule has 1 aromatic carbocycles. The number of carbonyl (C=O) groups is 1. The maximum absolute atomic E-state index is 12.9. The molecule has 4 atom stereocenters. The summed E-state index contributed by atoms with van der Waals surface area (Å²) in [5.41, 5.74) is 0.542. The minimum Gasteiger partial charge on any atom is -0.299 e. The lowest BCUT2D eigenvalue weighted by Crippen LogP contribution is -2.48. The molecule has 1 unspecified atom stereocenters. The Morgan fingerprint density at radius 1 is 1.32 bits per heavy atom. The summed E-state index contributed by atoms with van der Waals surface area (Å²) in [5.74, 6) is 1.24. The van der Waals surface area contributed by atoms with Crippen LogP contribution in [0.25, 0.3) is 0 Å². The number of Topliss-reactive ketones (excluding diaryl/α,β-unsaturated/α-hetero) is 1. The van der Waals surface area contributed by atoms with Crippen molar-refractivity contribution in [2.24, 2.45) is 17.8 Å². The van der Waals surface area contributed by atoms with Crippen LogP contribution in [0.5, 0.6) is 0 Å². The van der Waals surface area contributed by atoms with E-state index in [9.17, 15) is 4.79 Å². The molecule has 0 amide bonds. The number of fused-ring (bicyclic) bond motifs is 2. The van der Waals surface area contributed by atoms with E-state index in [0.29, 0.717) is 17.2 Å². The zero-order valence-corrected chi connectivity index (χ0v) is 16.4. The highest BCUT2D eigenvalue weighted by Gasteiger charge is 2.54. The molecule has 3 rings (SSSR count). The van der Waals surface area contributed by atoms with Crippen LogP contribution in [-0.2, 0) is 4.79 Å². The Hall–Kier alpha value is -0.683. The number of rotatable bonds is 4. The van der Waals surface area contributed by atoms with Gasteiger partial charge in [0, 0.05) is 11.8 Å². The Balaban J connectivity index is 1.99. The van der Waals surface area contributed by atoms with E-state index in [1.165, 1.54) is 8.77 Å². The van der Waals surface area contributed by atoms with Gasteiger partial charge in [-0.1, -0.05) is 60.8 Å². The topological polar surface area (TPSA) is 17.1 Å². The third-order valence-electron chi connectivity index (χ3n) is 5.65. The van der Waals surface area contributed by atoms with Crippen molar-refractivity contribution in [3.8, 4) is 0 Å². The van der Waals surface area contributed by atoms with Crippen molar-refractivity contribution in [2.75, 3.05) is 0 Å². The number of hydrogen-bond donors (Lipinski definition) is 0. The summed E-state index contributed by atoms with van der Waals surface area (Å²) < 4.78 is 1.27. The van der Waals surface area contributed by atoms with Gasteiger partial charge >= 0.3 is 0 Å². The van der Waals surface area contributed by atoms with Gasteiger partial charge in [-0.2, -0.15) is 0 Å². The quantitative estimate of drug-likeness (QED) is 0.391. The van der Waals surface area contributed by atoms with Crippen LogP contribution in [-0.4, -0.2) is 13.9 Å². The first-order valence-electron chi connectivity index (χ1n) is 8.04. The van der Waals surface area contributed by atoms with Gasteiger partial charge in [0.2, 0.25) is 0 Å². The highest BCUT2D eigenvalue weighted by Crippen LogP contribution is 2.55. The summed E-state index contributed by atoms with van der Waals surface area (Å²) in [6, 6.07) is 10.9. The van der Waals surface area contributed by atoms with E-state index in [1.807, 2.05) is 6.08 Å². The van der Waals surface area contributed by atoms with Gasteiger partial charge in [-0.05, 0) is 50.5 Å². The second kappa shape index (κ2) is 6.08. The van der Waals surface area contributed by atoms with Crippen LogP contribution in [0.2, 0.25) is 18.6 Å². The molecule has 0 N–H and O–H groups in total. The Kier molecular flexibility index (Phi) is 4.47. The summed E-state index contributed by atoms with van der Waals surface area (Å²) in [6.45, 7) is 8.79. The molecule has 2 aliphatic carbocycles. The van der Waals surface area contributed by atoms with E-state index in [0.717, 1.165) is 12.8 Å². The average Bonchev–Trinajstić information content (AvgIpc) is 2.77. The molecule has 1 saturated carbocycles. The Bertz CT molecular complexity index is 620. The fraction of sp³-hybridized carbons (Fsp3) is 0.421. The minimum atomic E-state index is -1.67. The van der Waals surface area contributed by atoms with Crippen LogP contribution in [0.3, 0.4) is 0 Å². The predicted octanol–water partition coefficient (Wildman–Crippen LogP) is 4.70. The smallest absolute Gasteiger partial charge is 0.144 e. The van der Waals surface area contributed by atoms with Gasteiger partial charge in [0.25, 0.3) is 0 Å². The van der Waals surface area contributed by atoms with Crippen molar-refractivity contribution in [3.05, 3.63) is 52.6 Å². The van der Waals surface area contributed by atoms with Crippen molar-refractivity contribution in [2.45, 2.75) is 31.5 Å². The molecule has 0 spiro atoms. The maximum atomic E-state index is 12.9. The lowest BCUT2D eigenvalue weighted by atomic mass is 9.82. The van der Waals surface area contributed by atoms with Gasteiger partial charge in [-0.15, -0.1) is 6.58 Å². The van der Waals surface area contributed by atoms with E-state index < -0.39 is 8.07 Å². The second-order valence-corrected chi connectivity index (χ2v) is 13.2. The molecule has 3 heteroatoms. The van der Waals surface area contributed by atoms with E-state index in [1.54, 1.807) is 0 Å². The largest absolute Gasteiger partial charge is 0.299 e. The first-order chi connectivity index (χ1) is 10.5. The van der Waals surface area contributed by atoms with Crippen LogP contribution in [0.15, 0.2) is 52.6 Å². The molecular formula is C19H23IOSi. The monoisotopic (exact) mass is 422 g/mol. The SMILES string of the molecule is C=CC[C@@H]1C=C(I)[C@H]2C[C@H]([Si](C)(C)c3ccccc3)C1C2=O. The lowest BCUT2D eigenvalue weighted by molar-refractivity contribution is -0.124. The Morgan fingerprint density at radius 2 is 2.00 bits per heavy atom. The van der Waals surface area contributed by atoms with E-state index >= 15 is 0 Å². The molecule has 2 aliphatic rings. The first-order valence-corrected chi connectivity index (χ1v) is 12.2. The van der Waals surface area contributed by atoms with Crippen molar-refractivity contribution >= 4 is 41.6 Å².